The summed E-state index contributed by atoms with van der Waals surface area (Å²) in [6.07, 6.45) is 1.98. The Kier molecular flexibility index (Phi) is 4.82. The molecule has 3 rings (SSSR count). The molecule has 0 saturated carbocycles. The van der Waals surface area contributed by atoms with Crippen molar-refractivity contribution in [3.63, 3.8) is 0 Å². The van der Waals surface area contributed by atoms with Crippen LogP contribution in [0.4, 0.5) is 5.69 Å². The van der Waals surface area contributed by atoms with Crippen molar-refractivity contribution >= 4 is 50.9 Å². The van der Waals surface area contributed by atoms with Crippen LogP contribution < -0.4 is 5.32 Å². The quantitative estimate of drug-likeness (QED) is 0.563. The van der Waals surface area contributed by atoms with E-state index in [0.29, 0.717) is 5.69 Å². The highest BCUT2D eigenvalue weighted by atomic mass is 32.2. The van der Waals surface area contributed by atoms with Crippen LogP contribution in [-0.4, -0.2) is 30.2 Å². The highest BCUT2D eigenvalue weighted by molar-refractivity contribution is 8.00. The molecule has 5 nitrogen and oxygen atoms in total. The van der Waals surface area contributed by atoms with E-state index < -0.39 is 5.97 Å². The number of thioether (sulfide) groups is 1. The Morgan fingerprint density at radius 3 is 2.62 bits per heavy atom. The summed E-state index contributed by atoms with van der Waals surface area (Å²) >= 11 is 3.16. The molecule has 0 saturated heterocycles. The van der Waals surface area contributed by atoms with Crippen LogP contribution in [0.5, 0.6) is 0 Å². The molecule has 0 aliphatic rings. The fraction of sp³-hybridized carbons (Fsp3) is 0.118. The number of anilines is 1. The summed E-state index contributed by atoms with van der Waals surface area (Å²) in [6, 6.07) is 12.1. The summed E-state index contributed by atoms with van der Waals surface area (Å²) in [7, 11) is 1.29. The molecular formula is C17H14N2O3S2. The molecule has 1 N–H and O–H groups in total. The van der Waals surface area contributed by atoms with Crippen molar-refractivity contribution in [2.24, 2.45) is 0 Å². The van der Waals surface area contributed by atoms with E-state index in [4.69, 9.17) is 4.74 Å². The molecule has 1 aromatic heterocycles. The van der Waals surface area contributed by atoms with Crippen LogP contribution in [0, 0.1) is 0 Å². The fourth-order valence-electron chi connectivity index (χ4n) is 2.24. The van der Waals surface area contributed by atoms with Gasteiger partial charge in [-0.3, -0.25) is 4.79 Å². The van der Waals surface area contributed by atoms with Crippen molar-refractivity contribution in [1.82, 2.24) is 4.98 Å². The first kappa shape index (κ1) is 16.5. The molecule has 0 atom stereocenters. The highest BCUT2D eigenvalue weighted by Gasteiger charge is 2.17. The third kappa shape index (κ3) is 3.27. The first-order valence-corrected chi connectivity index (χ1v) is 9.10. The van der Waals surface area contributed by atoms with Gasteiger partial charge in [-0.25, -0.2) is 9.78 Å². The summed E-state index contributed by atoms with van der Waals surface area (Å²) < 4.78 is 6.70. The number of methoxy groups -OCH3 is 1. The van der Waals surface area contributed by atoms with Gasteiger partial charge in [0.2, 0.25) is 0 Å². The number of fused-ring (bicyclic) bond motifs is 1. The molecule has 0 aliphatic heterocycles. The van der Waals surface area contributed by atoms with E-state index in [9.17, 15) is 9.59 Å². The predicted molar refractivity (Wildman–Crippen MR) is 97.1 cm³/mol. The van der Waals surface area contributed by atoms with E-state index in [1.54, 1.807) is 53.4 Å². The molecule has 0 aliphatic carbocycles. The number of hydrogen-bond donors (Lipinski definition) is 1. The lowest BCUT2D eigenvalue weighted by Gasteiger charge is -2.08. The molecule has 0 fully saturated rings. The molecule has 1 heterocycles. The molecule has 0 bridgehead atoms. The summed E-state index contributed by atoms with van der Waals surface area (Å²) in [5, 5.41) is 2.82. The van der Waals surface area contributed by atoms with Gasteiger partial charge in [-0.05, 0) is 36.6 Å². The minimum atomic E-state index is -0.539. The zero-order valence-electron chi connectivity index (χ0n) is 13.0. The zero-order valence-corrected chi connectivity index (χ0v) is 14.7. The van der Waals surface area contributed by atoms with Gasteiger partial charge in [-0.2, -0.15) is 0 Å². The van der Waals surface area contributed by atoms with Crippen LogP contribution in [0.3, 0.4) is 0 Å². The average Bonchev–Trinajstić information content (AvgIpc) is 3.03. The largest absolute Gasteiger partial charge is 0.465 e. The number of rotatable bonds is 4. The molecular weight excluding hydrogens is 344 g/mol. The van der Waals surface area contributed by atoms with Crippen molar-refractivity contribution in [2.75, 3.05) is 18.7 Å². The number of aromatic nitrogens is 1. The second kappa shape index (κ2) is 7.02. The van der Waals surface area contributed by atoms with Crippen LogP contribution in [-0.2, 0) is 4.74 Å². The Hall–Kier alpha value is -2.38. The van der Waals surface area contributed by atoms with Crippen LogP contribution in [0.2, 0.25) is 0 Å². The van der Waals surface area contributed by atoms with E-state index in [1.165, 1.54) is 7.11 Å². The normalized spacial score (nSPS) is 10.6. The average molecular weight is 358 g/mol. The van der Waals surface area contributed by atoms with Crippen LogP contribution in [0.1, 0.15) is 20.7 Å². The molecule has 0 radical (unpaired) electrons. The maximum atomic E-state index is 12.5. The first-order chi connectivity index (χ1) is 11.6. The lowest BCUT2D eigenvalue weighted by Crippen LogP contribution is -2.17. The van der Waals surface area contributed by atoms with Gasteiger partial charge in [0, 0.05) is 5.69 Å². The fourth-order valence-corrected chi connectivity index (χ4v) is 3.76. The van der Waals surface area contributed by atoms with E-state index in [0.717, 1.165) is 14.6 Å². The maximum Gasteiger partial charge on any atom is 0.338 e. The summed E-state index contributed by atoms with van der Waals surface area (Å²) in [5.41, 5.74) is 2.07. The van der Waals surface area contributed by atoms with Crippen molar-refractivity contribution < 1.29 is 14.3 Å². The third-order valence-electron chi connectivity index (χ3n) is 3.38. The third-order valence-corrected chi connectivity index (χ3v) is 5.38. The van der Waals surface area contributed by atoms with Gasteiger partial charge in [-0.1, -0.05) is 23.9 Å². The minimum Gasteiger partial charge on any atom is -0.465 e. The Morgan fingerprint density at radius 1 is 1.17 bits per heavy atom. The number of nitrogens with one attached hydrogen (secondary N) is 1. The van der Waals surface area contributed by atoms with Gasteiger partial charge in [0.1, 0.15) is 0 Å². The van der Waals surface area contributed by atoms with E-state index in [-0.39, 0.29) is 17.0 Å². The van der Waals surface area contributed by atoms with Gasteiger partial charge in [0.25, 0.3) is 5.91 Å². The lowest BCUT2D eigenvalue weighted by atomic mass is 10.1. The summed E-state index contributed by atoms with van der Waals surface area (Å²) in [6.45, 7) is 0. The number of hydrogen-bond acceptors (Lipinski definition) is 6. The second-order valence-electron chi connectivity index (χ2n) is 4.86. The summed E-state index contributed by atoms with van der Waals surface area (Å²) in [4.78, 5) is 28.8. The molecule has 24 heavy (non-hydrogen) atoms. The molecule has 7 heteroatoms. The van der Waals surface area contributed by atoms with E-state index in [2.05, 4.69) is 10.3 Å². The topological polar surface area (TPSA) is 68.3 Å². The number of nitrogens with zero attached hydrogens (tertiary/aromatic N) is 1. The number of benzene rings is 2. The summed E-state index contributed by atoms with van der Waals surface area (Å²) in [5.74, 6) is -0.895. The molecule has 1 amide bonds. The van der Waals surface area contributed by atoms with Crippen molar-refractivity contribution in [3.8, 4) is 0 Å². The first-order valence-electron chi connectivity index (χ1n) is 7.05. The smallest absolute Gasteiger partial charge is 0.338 e. The second-order valence-corrected chi connectivity index (χ2v) is 6.94. The van der Waals surface area contributed by atoms with E-state index in [1.807, 2.05) is 18.4 Å². The van der Waals surface area contributed by atoms with Crippen molar-refractivity contribution in [2.45, 2.75) is 4.34 Å². The Labute approximate surface area is 147 Å². The molecule has 3 aromatic rings. The van der Waals surface area contributed by atoms with Crippen LogP contribution in [0.25, 0.3) is 10.2 Å². The SMILES string of the molecule is COC(=O)c1ccccc1C(=O)Nc1ccc2nc(SC)sc2c1. The predicted octanol–water partition coefficient (Wildman–Crippen LogP) is 4.06. The molecule has 122 valence electrons. The van der Waals surface area contributed by atoms with Crippen LogP contribution >= 0.6 is 23.1 Å². The monoisotopic (exact) mass is 358 g/mol. The zero-order chi connectivity index (χ0) is 17.1. The highest BCUT2D eigenvalue weighted by Crippen LogP contribution is 2.30. The Morgan fingerprint density at radius 2 is 1.92 bits per heavy atom. The van der Waals surface area contributed by atoms with Crippen molar-refractivity contribution in [1.29, 1.82) is 0 Å². The van der Waals surface area contributed by atoms with Gasteiger partial charge in [0.15, 0.2) is 4.34 Å². The van der Waals surface area contributed by atoms with Gasteiger partial charge < -0.3 is 10.1 Å². The number of amides is 1. The standard InChI is InChI=1S/C17H14N2O3S2/c1-22-16(21)12-6-4-3-5-11(12)15(20)18-10-7-8-13-14(9-10)24-17(19-13)23-2/h3-9H,1-2H3,(H,18,20). The number of ether oxygens (including phenoxy) is 1. The Balaban J connectivity index is 1.88. The number of thiazole rings is 1. The number of esters is 1. The van der Waals surface area contributed by atoms with Gasteiger partial charge in [0.05, 0.1) is 28.5 Å². The van der Waals surface area contributed by atoms with Gasteiger partial charge in [-0.15, -0.1) is 11.3 Å². The Bertz CT molecular complexity index is 921. The molecule has 0 spiro atoms. The van der Waals surface area contributed by atoms with E-state index >= 15 is 0 Å². The number of carbonyl (C=O) groups excluding carboxylic acids is 2. The minimum absolute atomic E-state index is 0.237. The molecule has 2 aromatic carbocycles. The van der Waals surface area contributed by atoms with Crippen molar-refractivity contribution in [3.05, 3.63) is 53.6 Å². The lowest BCUT2D eigenvalue weighted by molar-refractivity contribution is 0.0597. The molecule has 0 unspecified atom stereocenters. The van der Waals surface area contributed by atoms with Gasteiger partial charge >= 0.3 is 5.97 Å². The maximum absolute atomic E-state index is 12.5. The van der Waals surface area contributed by atoms with Crippen LogP contribution in [0.15, 0.2) is 46.8 Å². The number of carbonyl (C=O) groups is 2.